The summed E-state index contributed by atoms with van der Waals surface area (Å²) in [7, 11) is 0. The Morgan fingerprint density at radius 2 is 1.33 bits per heavy atom. The summed E-state index contributed by atoms with van der Waals surface area (Å²) in [5.41, 5.74) is 0.999. The van der Waals surface area contributed by atoms with Crippen LogP contribution in [0.15, 0.2) is 36.5 Å². The van der Waals surface area contributed by atoms with Gasteiger partial charge < -0.3 is 9.47 Å². The van der Waals surface area contributed by atoms with Gasteiger partial charge in [-0.05, 0) is 18.8 Å². The molecule has 1 aromatic carbocycles. The Hall–Kier alpha value is -2.10. The summed E-state index contributed by atoms with van der Waals surface area (Å²) >= 11 is 0. The molecule has 200 valence electrons. The van der Waals surface area contributed by atoms with Gasteiger partial charge in [-0.3, -0.25) is 0 Å². The summed E-state index contributed by atoms with van der Waals surface area (Å²) in [5, 5.41) is 0. The zero-order valence-corrected chi connectivity index (χ0v) is 22.9. The molecular weight excluding hydrogens is 444 g/mol. The van der Waals surface area contributed by atoms with Gasteiger partial charge in [-0.1, -0.05) is 140 Å². The highest BCUT2D eigenvalue weighted by molar-refractivity contribution is 5.56. The van der Waals surface area contributed by atoms with Gasteiger partial charge in [-0.15, -0.1) is 0 Å². The lowest BCUT2D eigenvalue weighted by Crippen LogP contribution is -2.06. The summed E-state index contributed by atoms with van der Waals surface area (Å²) in [6.07, 6.45) is 25.8. The molecule has 1 aliphatic rings. The van der Waals surface area contributed by atoms with Gasteiger partial charge in [0.05, 0.1) is 19.4 Å². The van der Waals surface area contributed by atoms with Gasteiger partial charge in [0.1, 0.15) is 0 Å². The van der Waals surface area contributed by atoms with Gasteiger partial charge >= 0.3 is 0 Å². The molecule has 0 N–H and O–H groups in total. The highest BCUT2D eigenvalue weighted by atomic mass is 16.5. The highest BCUT2D eigenvalue weighted by Gasteiger charge is 2.14. The molecule has 1 aromatic heterocycles. The van der Waals surface area contributed by atoms with E-state index in [-0.39, 0.29) is 0 Å². The van der Waals surface area contributed by atoms with Crippen molar-refractivity contribution in [1.82, 2.24) is 9.97 Å². The van der Waals surface area contributed by atoms with E-state index in [1.54, 1.807) is 6.20 Å². The van der Waals surface area contributed by atoms with Gasteiger partial charge in [-0.25, -0.2) is 4.98 Å². The summed E-state index contributed by atoms with van der Waals surface area (Å²) in [6, 6.07) is 10.1. The first kappa shape index (κ1) is 28.5. The Balaban J connectivity index is 1.38. The van der Waals surface area contributed by atoms with Crippen molar-refractivity contribution in [2.75, 3.05) is 13.2 Å². The zero-order valence-electron chi connectivity index (χ0n) is 22.9. The molecule has 0 bridgehead atoms. The number of hydrogen-bond donors (Lipinski definition) is 0. The SMILES string of the molecule is CCCCCCCCCCOc1cnc(-c2ccccc2)nc1OCCCCCCCC1CCCC1. The van der Waals surface area contributed by atoms with Crippen LogP contribution in [0.2, 0.25) is 0 Å². The molecule has 2 aromatic rings. The van der Waals surface area contributed by atoms with Crippen LogP contribution in [-0.2, 0) is 0 Å². The maximum atomic E-state index is 6.14. The van der Waals surface area contributed by atoms with E-state index in [9.17, 15) is 0 Å². The van der Waals surface area contributed by atoms with Crippen molar-refractivity contribution in [2.24, 2.45) is 5.92 Å². The zero-order chi connectivity index (χ0) is 25.1. The average Bonchev–Trinajstić information content (AvgIpc) is 3.44. The second-order valence-corrected chi connectivity index (χ2v) is 10.6. The lowest BCUT2D eigenvalue weighted by molar-refractivity contribution is 0.249. The van der Waals surface area contributed by atoms with E-state index < -0.39 is 0 Å². The van der Waals surface area contributed by atoms with Crippen LogP contribution in [0.4, 0.5) is 0 Å². The Labute approximate surface area is 220 Å². The van der Waals surface area contributed by atoms with Crippen molar-refractivity contribution >= 4 is 0 Å². The Morgan fingerprint density at radius 1 is 0.722 bits per heavy atom. The maximum Gasteiger partial charge on any atom is 0.260 e. The van der Waals surface area contributed by atoms with Crippen molar-refractivity contribution in [3.63, 3.8) is 0 Å². The van der Waals surface area contributed by atoms with E-state index in [1.165, 1.54) is 103 Å². The molecule has 0 spiro atoms. The molecular formula is C32H50N2O2. The summed E-state index contributed by atoms with van der Waals surface area (Å²) < 4.78 is 12.2. The molecule has 4 heteroatoms. The number of nitrogens with zero attached hydrogens (tertiary/aromatic N) is 2. The van der Waals surface area contributed by atoms with Crippen LogP contribution in [0, 0.1) is 5.92 Å². The standard InChI is InChI=1S/C32H50N2O2/c1-2-3-4-5-6-7-10-18-25-35-30-27-33-31(29-23-14-12-15-24-29)34-32(30)36-26-19-11-8-9-13-20-28-21-16-17-22-28/h12,14-15,23-24,27-28H,2-11,13,16-22,25-26H2,1H3. The predicted octanol–water partition coefficient (Wildman–Crippen LogP) is 9.57. The first-order chi connectivity index (χ1) is 17.9. The van der Waals surface area contributed by atoms with E-state index in [1.807, 2.05) is 30.3 Å². The summed E-state index contributed by atoms with van der Waals surface area (Å²) in [4.78, 5) is 9.29. The molecule has 3 rings (SSSR count). The number of aromatic nitrogens is 2. The third kappa shape index (κ3) is 11.3. The van der Waals surface area contributed by atoms with Crippen molar-refractivity contribution in [3.05, 3.63) is 36.5 Å². The van der Waals surface area contributed by atoms with E-state index >= 15 is 0 Å². The molecule has 0 atom stereocenters. The van der Waals surface area contributed by atoms with Gasteiger partial charge in [0.25, 0.3) is 5.88 Å². The maximum absolute atomic E-state index is 6.14. The largest absolute Gasteiger partial charge is 0.487 e. The van der Waals surface area contributed by atoms with Crippen LogP contribution in [0.25, 0.3) is 11.4 Å². The van der Waals surface area contributed by atoms with Crippen LogP contribution in [-0.4, -0.2) is 23.2 Å². The average molecular weight is 495 g/mol. The molecule has 0 aliphatic heterocycles. The molecule has 1 saturated carbocycles. The Kier molecular flexibility index (Phi) is 14.4. The van der Waals surface area contributed by atoms with Crippen LogP contribution >= 0.6 is 0 Å². The van der Waals surface area contributed by atoms with Crippen LogP contribution in [0.3, 0.4) is 0 Å². The van der Waals surface area contributed by atoms with Crippen molar-refractivity contribution in [2.45, 2.75) is 122 Å². The quantitative estimate of drug-likeness (QED) is 0.172. The number of rotatable bonds is 20. The first-order valence-corrected chi connectivity index (χ1v) is 15.0. The van der Waals surface area contributed by atoms with Crippen molar-refractivity contribution in [1.29, 1.82) is 0 Å². The molecule has 1 aliphatic carbocycles. The lowest BCUT2D eigenvalue weighted by atomic mass is 9.99. The van der Waals surface area contributed by atoms with E-state index in [2.05, 4.69) is 11.9 Å². The first-order valence-electron chi connectivity index (χ1n) is 15.0. The van der Waals surface area contributed by atoms with Gasteiger partial charge in [0.2, 0.25) is 0 Å². The normalized spacial score (nSPS) is 13.8. The number of benzene rings is 1. The van der Waals surface area contributed by atoms with Gasteiger partial charge in [0.15, 0.2) is 11.6 Å². The van der Waals surface area contributed by atoms with Gasteiger partial charge in [-0.2, -0.15) is 4.98 Å². The minimum atomic E-state index is 0.588. The molecule has 0 saturated heterocycles. The smallest absolute Gasteiger partial charge is 0.260 e. The Bertz CT molecular complexity index is 805. The van der Waals surface area contributed by atoms with Crippen LogP contribution < -0.4 is 9.47 Å². The fourth-order valence-electron chi connectivity index (χ4n) is 5.24. The predicted molar refractivity (Wildman–Crippen MR) is 151 cm³/mol. The molecule has 0 unspecified atom stereocenters. The topological polar surface area (TPSA) is 44.2 Å². The summed E-state index contributed by atoms with van der Waals surface area (Å²) in [5.74, 6) is 2.98. The lowest BCUT2D eigenvalue weighted by Gasteiger charge is -2.13. The fourth-order valence-corrected chi connectivity index (χ4v) is 5.24. The van der Waals surface area contributed by atoms with Crippen molar-refractivity contribution < 1.29 is 9.47 Å². The number of hydrogen-bond acceptors (Lipinski definition) is 4. The molecule has 4 nitrogen and oxygen atoms in total. The van der Waals surface area contributed by atoms with E-state index in [4.69, 9.17) is 14.5 Å². The Morgan fingerprint density at radius 3 is 2.03 bits per heavy atom. The molecule has 1 heterocycles. The number of unbranched alkanes of at least 4 members (excludes halogenated alkanes) is 11. The molecule has 1 fully saturated rings. The third-order valence-electron chi connectivity index (χ3n) is 7.48. The van der Waals surface area contributed by atoms with E-state index in [0.29, 0.717) is 30.7 Å². The molecule has 0 radical (unpaired) electrons. The molecule has 0 amide bonds. The van der Waals surface area contributed by atoms with E-state index in [0.717, 1.165) is 24.3 Å². The number of ether oxygens (including phenoxy) is 2. The van der Waals surface area contributed by atoms with Gasteiger partial charge in [0, 0.05) is 5.56 Å². The monoisotopic (exact) mass is 494 g/mol. The fraction of sp³-hybridized carbons (Fsp3) is 0.688. The van der Waals surface area contributed by atoms with Crippen molar-refractivity contribution in [3.8, 4) is 23.0 Å². The minimum absolute atomic E-state index is 0.588. The second-order valence-electron chi connectivity index (χ2n) is 10.6. The van der Waals surface area contributed by atoms with Crippen LogP contribution in [0.5, 0.6) is 11.6 Å². The van der Waals surface area contributed by atoms with Crippen LogP contribution in [0.1, 0.15) is 122 Å². The molecule has 36 heavy (non-hydrogen) atoms. The minimum Gasteiger partial charge on any atom is -0.487 e. The third-order valence-corrected chi connectivity index (χ3v) is 7.48. The highest BCUT2D eigenvalue weighted by Crippen LogP contribution is 2.30. The second kappa shape index (κ2) is 18.2. The summed E-state index contributed by atoms with van der Waals surface area (Å²) in [6.45, 7) is 3.65.